The number of hydrogen-bond acceptors (Lipinski definition) is 9. The van der Waals surface area contributed by atoms with E-state index in [9.17, 15) is 19.4 Å². The van der Waals surface area contributed by atoms with Crippen molar-refractivity contribution < 1.29 is 43.2 Å². The first-order valence-corrected chi connectivity index (χ1v) is 18.4. The number of benzene rings is 2. The van der Waals surface area contributed by atoms with Crippen LogP contribution in [0.5, 0.6) is 11.5 Å². The molecule has 282 valence electrons. The standard InChI is InChI=1S/C41H53FN2O8/c1-5-22-49-31-18-19-36-34(25-31)38-32(13-9-11-21-46)29(12-8-10-20-45)24-33-35(43-51-7-3)26-37(41(52-36,39(33)38)50-23-6-2)44(40(47)48-4)27-28-14-16-30(42)17-15-28/h5-6,14-19,24-25,29,32,37-39,45-46H,1-2,7-13,20-23,26-27H2,3-4H3/t29-,32+,37-,38+,39+,41+/m0/s1. The third kappa shape index (κ3) is 8.37. The van der Waals surface area contributed by atoms with E-state index in [0.717, 1.165) is 36.8 Å². The lowest BCUT2D eigenvalue weighted by Gasteiger charge is -2.59. The predicted molar refractivity (Wildman–Crippen MR) is 197 cm³/mol. The molecule has 0 saturated heterocycles. The van der Waals surface area contributed by atoms with Crippen LogP contribution in [0, 0.1) is 23.6 Å². The number of amides is 1. The van der Waals surface area contributed by atoms with Gasteiger partial charge in [0, 0.05) is 37.7 Å². The summed E-state index contributed by atoms with van der Waals surface area (Å²) < 4.78 is 39.5. The summed E-state index contributed by atoms with van der Waals surface area (Å²) in [6.07, 6.45) is 9.89. The van der Waals surface area contributed by atoms with Gasteiger partial charge >= 0.3 is 6.09 Å². The van der Waals surface area contributed by atoms with E-state index in [0.29, 0.717) is 48.8 Å². The first-order chi connectivity index (χ1) is 25.3. The average molecular weight is 721 g/mol. The molecule has 3 aliphatic rings. The molecule has 2 aliphatic carbocycles. The second kappa shape index (κ2) is 18.5. The number of rotatable bonds is 19. The van der Waals surface area contributed by atoms with E-state index < -0.39 is 23.8 Å². The van der Waals surface area contributed by atoms with Crippen LogP contribution in [0.1, 0.15) is 68.9 Å². The molecule has 5 rings (SSSR count). The van der Waals surface area contributed by atoms with Crippen LogP contribution in [0.3, 0.4) is 0 Å². The van der Waals surface area contributed by atoms with E-state index in [1.54, 1.807) is 29.2 Å². The third-order valence-corrected chi connectivity index (χ3v) is 10.4. The number of oxime groups is 1. The predicted octanol–water partition coefficient (Wildman–Crippen LogP) is 7.31. The maximum Gasteiger partial charge on any atom is 0.410 e. The van der Waals surface area contributed by atoms with Crippen LogP contribution in [-0.4, -0.2) is 78.9 Å². The van der Waals surface area contributed by atoms with Gasteiger partial charge in [0.2, 0.25) is 5.79 Å². The van der Waals surface area contributed by atoms with Crippen molar-refractivity contribution in [2.75, 3.05) is 40.1 Å². The smallest absolute Gasteiger partial charge is 0.410 e. The van der Waals surface area contributed by atoms with Gasteiger partial charge in [-0.15, -0.1) is 6.58 Å². The maximum absolute atomic E-state index is 14.0. The number of aliphatic hydroxyl groups is 2. The van der Waals surface area contributed by atoms with Crippen LogP contribution in [0.2, 0.25) is 0 Å². The first-order valence-electron chi connectivity index (χ1n) is 18.4. The lowest BCUT2D eigenvalue weighted by Crippen LogP contribution is -2.70. The van der Waals surface area contributed by atoms with Crippen LogP contribution >= 0.6 is 0 Å². The Labute approximate surface area is 306 Å². The number of carbonyl (C=O) groups is 1. The number of nitrogens with zero attached hydrogens (tertiary/aromatic N) is 2. The van der Waals surface area contributed by atoms with Crippen molar-refractivity contribution in [3.05, 3.63) is 96.4 Å². The van der Waals surface area contributed by atoms with Crippen molar-refractivity contribution in [1.29, 1.82) is 0 Å². The fourth-order valence-corrected chi connectivity index (χ4v) is 8.24. The van der Waals surface area contributed by atoms with Crippen LogP contribution in [0.25, 0.3) is 0 Å². The number of halogens is 1. The highest BCUT2D eigenvalue weighted by Gasteiger charge is 2.65. The number of ether oxygens (including phenoxy) is 4. The largest absolute Gasteiger partial charge is 0.490 e. The van der Waals surface area contributed by atoms with E-state index in [1.165, 1.54) is 19.2 Å². The molecule has 10 nitrogen and oxygen atoms in total. The molecule has 0 radical (unpaired) electrons. The molecule has 0 spiro atoms. The molecule has 1 fully saturated rings. The average Bonchev–Trinajstić information content (AvgIpc) is 3.16. The summed E-state index contributed by atoms with van der Waals surface area (Å²) in [7, 11) is 1.33. The molecule has 1 aliphatic heterocycles. The summed E-state index contributed by atoms with van der Waals surface area (Å²) in [6, 6.07) is 11.0. The number of methoxy groups -OCH3 is 1. The van der Waals surface area contributed by atoms with Crippen LogP contribution < -0.4 is 9.47 Å². The van der Waals surface area contributed by atoms with Gasteiger partial charge in [-0.1, -0.05) is 54.9 Å². The van der Waals surface area contributed by atoms with Gasteiger partial charge in [-0.05, 0) is 85.9 Å². The Balaban J connectivity index is 1.78. The zero-order valence-corrected chi connectivity index (χ0v) is 30.4. The van der Waals surface area contributed by atoms with E-state index in [1.807, 2.05) is 25.1 Å². The number of allylic oxidation sites excluding steroid dienone is 1. The summed E-state index contributed by atoms with van der Waals surface area (Å²) in [5.74, 6) is -1.04. The molecule has 2 N–H and O–H groups in total. The van der Waals surface area contributed by atoms with Crippen molar-refractivity contribution in [1.82, 2.24) is 4.90 Å². The molecule has 0 bridgehead atoms. The molecular weight excluding hydrogens is 667 g/mol. The minimum atomic E-state index is -1.44. The Hall–Kier alpha value is -4.19. The van der Waals surface area contributed by atoms with Gasteiger partial charge in [0.1, 0.15) is 36.6 Å². The first kappa shape index (κ1) is 39.0. The Morgan fingerprint density at radius 3 is 2.46 bits per heavy atom. The van der Waals surface area contributed by atoms with Gasteiger partial charge in [0.05, 0.1) is 25.3 Å². The summed E-state index contributed by atoms with van der Waals surface area (Å²) in [5, 5.41) is 24.2. The topological polar surface area (TPSA) is 119 Å². The highest BCUT2D eigenvalue weighted by Crippen LogP contribution is 2.62. The molecule has 1 heterocycles. The highest BCUT2D eigenvalue weighted by molar-refractivity contribution is 6.03. The minimum absolute atomic E-state index is 0.0683. The molecule has 2 aromatic rings. The fraction of sp³-hybridized carbons (Fsp3) is 0.512. The monoisotopic (exact) mass is 720 g/mol. The van der Waals surface area contributed by atoms with E-state index in [-0.39, 0.29) is 56.4 Å². The number of hydrogen-bond donors (Lipinski definition) is 2. The van der Waals surface area contributed by atoms with Crippen molar-refractivity contribution in [2.45, 2.75) is 76.2 Å². The Morgan fingerprint density at radius 2 is 1.79 bits per heavy atom. The fourth-order valence-electron chi connectivity index (χ4n) is 8.24. The molecule has 2 aromatic carbocycles. The second-order valence-electron chi connectivity index (χ2n) is 13.5. The third-order valence-electron chi connectivity index (χ3n) is 10.4. The van der Waals surface area contributed by atoms with Crippen LogP contribution in [-0.2, 0) is 20.9 Å². The lowest BCUT2D eigenvalue weighted by molar-refractivity contribution is -0.256. The SMILES string of the molecule is C=CCOc1ccc2c(c1)[C@H]1[C@H](CCCCO)[C@@H](CCCCO)C=C3C(=NOCC)C[C@H](N(Cc4ccc(F)cc4)C(=O)OC)[C@@](OCC=C)(O2)[C@H]31. The van der Waals surface area contributed by atoms with Crippen LogP contribution in [0.4, 0.5) is 9.18 Å². The quantitative estimate of drug-likeness (QED) is 0.0882. The number of unbranched alkanes of at least 4 members (excludes halogenated alkanes) is 2. The number of aliphatic hydroxyl groups excluding tert-OH is 2. The zero-order valence-electron chi connectivity index (χ0n) is 30.4. The molecule has 1 saturated carbocycles. The summed E-state index contributed by atoms with van der Waals surface area (Å²) >= 11 is 0. The summed E-state index contributed by atoms with van der Waals surface area (Å²) in [5.41, 5.74) is 3.26. The Bertz CT molecular complexity index is 1580. The molecule has 52 heavy (non-hydrogen) atoms. The molecule has 0 unspecified atom stereocenters. The molecule has 11 heteroatoms. The van der Waals surface area contributed by atoms with Gasteiger partial charge in [-0.2, -0.15) is 0 Å². The van der Waals surface area contributed by atoms with Crippen molar-refractivity contribution in [2.24, 2.45) is 22.9 Å². The van der Waals surface area contributed by atoms with E-state index >= 15 is 0 Å². The number of carbonyl (C=O) groups excluding carboxylic acids is 1. The van der Waals surface area contributed by atoms with Crippen molar-refractivity contribution in [3.63, 3.8) is 0 Å². The Kier molecular flexibility index (Phi) is 13.9. The molecule has 1 amide bonds. The van der Waals surface area contributed by atoms with Gasteiger partial charge in [0.15, 0.2) is 0 Å². The molecule has 0 aromatic heterocycles. The van der Waals surface area contributed by atoms with Crippen molar-refractivity contribution >= 4 is 11.8 Å². The number of fused-ring (bicyclic) bond motifs is 2. The van der Waals surface area contributed by atoms with Crippen LogP contribution in [0.15, 0.2) is 84.6 Å². The van der Waals surface area contributed by atoms with Gasteiger partial charge < -0.3 is 34.0 Å². The second-order valence-corrected chi connectivity index (χ2v) is 13.5. The van der Waals surface area contributed by atoms with E-state index in [4.69, 9.17) is 23.8 Å². The van der Waals surface area contributed by atoms with Crippen molar-refractivity contribution in [3.8, 4) is 11.5 Å². The lowest BCUT2D eigenvalue weighted by atomic mass is 9.55. The maximum atomic E-state index is 14.0. The van der Waals surface area contributed by atoms with Gasteiger partial charge in [0.25, 0.3) is 0 Å². The molecular formula is C41H53FN2O8. The zero-order chi connectivity index (χ0) is 37.1. The van der Waals surface area contributed by atoms with Gasteiger partial charge in [-0.3, -0.25) is 4.90 Å². The van der Waals surface area contributed by atoms with E-state index in [2.05, 4.69) is 24.4 Å². The molecule has 6 atom stereocenters. The van der Waals surface area contributed by atoms with Gasteiger partial charge in [-0.25, -0.2) is 9.18 Å². The minimum Gasteiger partial charge on any atom is -0.490 e. The normalized spacial score (nSPS) is 25.2. The highest BCUT2D eigenvalue weighted by atomic mass is 19.1. The summed E-state index contributed by atoms with van der Waals surface area (Å²) in [6.45, 7) is 10.7. The Morgan fingerprint density at radius 1 is 1.06 bits per heavy atom. The summed E-state index contributed by atoms with van der Waals surface area (Å²) in [4.78, 5) is 21.3.